The summed E-state index contributed by atoms with van der Waals surface area (Å²) in [6, 6.07) is 6.70. The summed E-state index contributed by atoms with van der Waals surface area (Å²) < 4.78 is 0. The first kappa shape index (κ1) is 14.4. The number of rotatable bonds is 4. The molecule has 1 heterocycles. The Morgan fingerprint density at radius 3 is 2.58 bits per heavy atom. The van der Waals surface area contributed by atoms with Crippen LogP contribution in [-0.2, 0) is 6.54 Å². The van der Waals surface area contributed by atoms with Gasteiger partial charge in [0.2, 0.25) is 0 Å². The van der Waals surface area contributed by atoms with Gasteiger partial charge >= 0.3 is 0 Å². The first-order valence-corrected chi connectivity index (χ1v) is 7.29. The van der Waals surface area contributed by atoms with Gasteiger partial charge in [-0.2, -0.15) is 0 Å². The molecule has 3 nitrogen and oxygen atoms in total. The molecule has 1 fully saturated rings. The Morgan fingerprint density at radius 2 is 2.00 bits per heavy atom. The molecule has 0 radical (unpaired) electrons. The molecule has 0 aromatic heterocycles. The SMILES string of the molecule is CCNCc1ccc(N2CCC(C)(O)CC2)c(C)c1. The lowest BCUT2D eigenvalue weighted by Crippen LogP contribution is -2.42. The lowest BCUT2D eigenvalue weighted by atomic mass is 9.93. The Labute approximate surface area is 116 Å². The highest BCUT2D eigenvalue weighted by molar-refractivity contribution is 5.54. The molecule has 0 saturated carbocycles. The molecule has 1 aliphatic heterocycles. The molecular weight excluding hydrogens is 236 g/mol. The summed E-state index contributed by atoms with van der Waals surface area (Å²) in [5, 5.41) is 13.4. The largest absolute Gasteiger partial charge is 0.390 e. The van der Waals surface area contributed by atoms with E-state index in [1.54, 1.807) is 0 Å². The molecule has 1 aromatic rings. The highest BCUT2D eigenvalue weighted by atomic mass is 16.3. The van der Waals surface area contributed by atoms with Crippen LogP contribution in [0.2, 0.25) is 0 Å². The molecular formula is C16H26N2O. The van der Waals surface area contributed by atoms with Gasteiger partial charge in [-0.3, -0.25) is 0 Å². The molecule has 19 heavy (non-hydrogen) atoms. The second-order valence-corrected chi connectivity index (χ2v) is 5.89. The quantitative estimate of drug-likeness (QED) is 0.875. The van der Waals surface area contributed by atoms with Crippen LogP contribution in [0.25, 0.3) is 0 Å². The summed E-state index contributed by atoms with van der Waals surface area (Å²) in [6.45, 7) is 10.1. The molecule has 2 N–H and O–H groups in total. The lowest BCUT2D eigenvalue weighted by molar-refractivity contribution is 0.0351. The highest BCUT2D eigenvalue weighted by Crippen LogP contribution is 2.28. The number of nitrogens with one attached hydrogen (secondary N) is 1. The van der Waals surface area contributed by atoms with E-state index in [0.717, 1.165) is 39.0 Å². The average molecular weight is 262 g/mol. The molecule has 1 aromatic carbocycles. The molecule has 106 valence electrons. The molecule has 0 atom stereocenters. The van der Waals surface area contributed by atoms with Crippen molar-refractivity contribution in [1.29, 1.82) is 0 Å². The van der Waals surface area contributed by atoms with Gasteiger partial charge < -0.3 is 15.3 Å². The first-order valence-electron chi connectivity index (χ1n) is 7.29. The van der Waals surface area contributed by atoms with Gasteiger partial charge in [0, 0.05) is 25.3 Å². The maximum atomic E-state index is 10.0. The van der Waals surface area contributed by atoms with Crippen molar-refractivity contribution in [3.05, 3.63) is 29.3 Å². The Hall–Kier alpha value is -1.06. The first-order chi connectivity index (χ1) is 9.02. The minimum absolute atomic E-state index is 0.477. The van der Waals surface area contributed by atoms with Gasteiger partial charge in [-0.25, -0.2) is 0 Å². The summed E-state index contributed by atoms with van der Waals surface area (Å²) >= 11 is 0. The molecule has 2 rings (SSSR count). The van der Waals surface area contributed by atoms with Crippen LogP contribution in [-0.4, -0.2) is 30.3 Å². The van der Waals surface area contributed by atoms with E-state index in [-0.39, 0.29) is 0 Å². The standard InChI is InChI=1S/C16H26N2O/c1-4-17-12-14-5-6-15(13(2)11-14)18-9-7-16(3,19)8-10-18/h5-6,11,17,19H,4,7-10,12H2,1-3H3. The van der Waals surface area contributed by atoms with Gasteiger partial charge in [0.25, 0.3) is 0 Å². The van der Waals surface area contributed by atoms with Crippen molar-refractivity contribution < 1.29 is 5.11 Å². The van der Waals surface area contributed by atoms with Gasteiger partial charge in [0.05, 0.1) is 5.60 Å². The maximum Gasteiger partial charge on any atom is 0.0653 e. The van der Waals surface area contributed by atoms with Crippen LogP contribution in [0.15, 0.2) is 18.2 Å². The number of hydrogen-bond donors (Lipinski definition) is 2. The van der Waals surface area contributed by atoms with E-state index in [1.165, 1.54) is 16.8 Å². The van der Waals surface area contributed by atoms with Crippen LogP contribution in [0.4, 0.5) is 5.69 Å². The molecule has 0 unspecified atom stereocenters. The van der Waals surface area contributed by atoms with Crippen molar-refractivity contribution in [2.45, 2.75) is 45.8 Å². The maximum absolute atomic E-state index is 10.0. The van der Waals surface area contributed by atoms with Crippen molar-refractivity contribution in [2.24, 2.45) is 0 Å². The van der Waals surface area contributed by atoms with Crippen LogP contribution in [0.1, 0.15) is 37.8 Å². The summed E-state index contributed by atoms with van der Waals surface area (Å²) in [5.74, 6) is 0. The molecule has 0 amide bonds. The van der Waals surface area contributed by atoms with Crippen LogP contribution >= 0.6 is 0 Å². The number of aryl methyl sites for hydroxylation is 1. The Balaban J connectivity index is 2.05. The molecule has 0 bridgehead atoms. The molecule has 0 aliphatic carbocycles. The van der Waals surface area contributed by atoms with Crippen molar-refractivity contribution >= 4 is 5.69 Å². The predicted octanol–water partition coefficient (Wildman–Crippen LogP) is 2.46. The van der Waals surface area contributed by atoms with Crippen molar-refractivity contribution in [2.75, 3.05) is 24.5 Å². The van der Waals surface area contributed by atoms with E-state index in [4.69, 9.17) is 0 Å². The van der Waals surface area contributed by atoms with E-state index >= 15 is 0 Å². The third-order valence-corrected chi connectivity index (χ3v) is 4.02. The lowest BCUT2D eigenvalue weighted by Gasteiger charge is -2.37. The Bertz CT molecular complexity index is 419. The summed E-state index contributed by atoms with van der Waals surface area (Å²) in [4.78, 5) is 2.39. The van der Waals surface area contributed by atoms with Gasteiger partial charge in [-0.05, 0) is 50.4 Å². The fraction of sp³-hybridized carbons (Fsp3) is 0.625. The van der Waals surface area contributed by atoms with E-state index in [1.807, 2.05) is 6.92 Å². The van der Waals surface area contributed by atoms with Gasteiger partial charge in [-0.15, -0.1) is 0 Å². The number of hydrogen-bond acceptors (Lipinski definition) is 3. The van der Waals surface area contributed by atoms with E-state index in [0.29, 0.717) is 0 Å². The second kappa shape index (κ2) is 5.93. The highest BCUT2D eigenvalue weighted by Gasteiger charge is 2.27. The van der Waals surface area contributed by atoms with Crippen molar-refractivity contribution in [1.82, 2.24) is 5.32 Å². The van der Waals surface area contributed by atoms with Crippen LogP contribution in [0.5, 0.6) is 0 Å². The Kier molecular flexibility index (Phi) is 4.48. The van der Waals surface area contributed by atoms with E-state index in [9.17, 15) is 5.11 Å². The van der Waals surface area contributed by atoms with Crippen LogP contribution in [0, 0.1) is 6.92 Å². The molecule has 1 aliphatic rings. The zero-order chi connectivity index (χ0) is 13.9. The number of benzene rings is 1. The van der Waals surface area contributed by atoms with Crippen molar-refractivity contribution in [3.63, 3.8) is 0 Å². The van der Waals surface area contributed by atoms with Gasteiger partial charge in [0.15, 0.2) is 0 Å². The van der Waals surface area contributed by atoms with Crippen molar-refractivity contribution in [3.8, 4) is 0 Å². The Morgan fingerprint density at radius 1 is 1.32 bits per heavy atom. The second-order valence-electron chi connectivity index (χ2n) is 5.89. The number of anilines is 1. The minimum atomic E-state index is -0.477. The molecule has 0 spiro atoms. The molecule has 3 heteroatoms. The molecule has 1 saturated heterocycles. The number of aliphatic hydroxyl groups is 1. The number of nitrogens with zero attached hydrogens (tertiary/aromatic N) is 1. The van der Waals surface area contributed by atoms with Crippen LogP contribution < -0.4 is 10.2 Å². The fourth-order valence-electron chi connectivity index (χ4n) is 2.68. The smallest absolute Gasteiger partial charge is 0.0653 e. The van der Waals surface area contributed by atoms with E-state index in [2.05, 4.69) is 42.3 Å². The summed E-state index contributed by atoms with van der Waals surface area (Å²) in [5.41, 5.74) is 3.51. The third-order valence-electron chi connectivity index (χ3n) is 4.02. The summed E-state index contributed by atoms with van der Waals surface area (Å²) in [6.07, 6.45) is 1.71. The average Bonchev–Trinajstić information content (AvgIpc) is 2.37. The normalized spacial score (nSPS) is 18.6. The zero-order valence-electron chi connectivity index (χ0n) is 12.4. The predicted molar refractivity (Wildman–Crippen MR) is 80.6 cm³/mol. The fourth-order valence-corrected chi connectivity index (χ4v) is 2.68. The third kappa shape index (κ3) is 3.71. The van der Waals surface area contributed by atoms with E-state index < -0.39 is 5.60 Å². The summed E-state index contributed by atoms with van der Waals surface area (Å²) in [7, 11) is 0. The number of piperidine rings is 1. The zero-order valence-corrected chi connectivity index (χ0v) is 12.4. The van der Waals surface area contributed by atoms with Crippen LogP contribution in [0.3, 0.4) is 0 Å². The van der Waals surface area contributed by atoms with Gasteiger partial charge in [0.1, 0.15) is 0 Å². The van der Waals surface area contributed by atoms with Gasteiger partial charge in [-0.1, -0.05) is 19.1 Å². The minimum Gasteiger partial charge on any atom is -0.390 e. The monoisotopic (exact) mass is 262 g/mol. The topological polar surface area (TPSA) is 35.5 Å².